The van der Waals surface area contributed by atoms with Crippen LogP contribution < -0.4 is 10.2 Å². The van der Waals surface area contributed by atoms with Gasteiger partial charge in [0, 0.05) is 5.56 Å². The molecule has 3 aromatic rings. The molecule has 0 aliphatic rings. The molecule has 0 fully saturated rings. The Hall–Kier alpha value is -3.34. The van der Waals surface area contributed by atoms with E-state index in [0.717, 1.165) is 21.9 Å². The number of carbonyl (C=O) groups is 1. The Morgan fingerprint density at radius 1 is 1.10 bits per heavy atom. The molecule has 1 atom stereocenters. The molecule has 0 saturated heterocycles. The average molecular weight is 390 g/mol. The Morgan fingerprint density at radius 3 is 2.62 bits per heavy atom. The third-order valence-corrected chi connectivity index (χ3v) is 4.87. The standard InChI is InChI=1S/C24H26N2O3/c1-15(2)19-10-9-16(3)23(13-19)29-17(4)24(28)26-25-14-21-20-8-6-5-7-18(20)11-12-22(21)27/h5-15,17,27H,1-4H3,(H,26,28)/b25-14+. The highest BCUT2D eigenvalue weighted by Crippen LogP contribution is 2.26. The molecule has 5 nitrogen and oxygen atoms in total. The Balaban J connectivity index is 1.70. The van der Waals surface area contributed by atoms with Crippen molar-refractivity contribution in [3.8, 4) is 11.5 Å². The number of rotatable bonds is 6. The van der Waals surface area contributed by atoms with Gasteiger partial charge in [0.25, 0.3) is 5.91 Å². The van der Waals surface area contributed by atoms with Crippen molar-refractivity contribution in [2.24, 2.45) is 5.10 Å². The van der Waals surface area contributed by atoms with E-state index in [1.54, 1.807) is 13.0 Å². The molecule has 5 heteroatoms. The fourth-order valence-corrected chi connectivity index (χ4v) is 3.02. The lowest BCUT2D eigenvalue weighted by atomic mass is 10.0. The molecule has 3 rings (SSSR count). The number of phenols is 1. The van der Waals surface area contributed by atoms with Crippen LogP contribution in [0.5, 0.6) is 11.5 Å². The fourth-order valence-electron chi connectivity index (χ4n) is 3.02. The van der Waals surface area contributed by atoms with Gasteiger partial charge in [-0.15, -0.1) is 0 Å². The van der Waals surface area contributed by atoms with Crippen LogP contribution in [0.1, 0.15) is 43.4 Å². The van der Waals surface area contributed by atoms with Crippen LogP contribution in [0.2, 0.25) is 0 Å². The summed E-state index contributed by atoms with van der Waals surface area (Å²) in [7, 11) is 0. The fraction of sp³-hybridized carbons (Fsp3) is 0.250. The number of nitrogens with zero attached hydrogens (tertiary/aromatic N) is 1. The van der Waals surface area contributed by atoms with Gasteiger partial charge in [0.2, 0.25) is 0 Å². The number of fused-ring (bicyclic) bond motifs is 1. The van der Waals surface area contributed by atoms with Crippen LogP contribution in [0.4, 0.5) is 0 Å². The highest BCUT2D eigenvalue weighted by molar-refractivity contribution is 6.02. The number of hydrazone groups is 1. The van der Waals surface area contributed by atoms with Gasteiger partial charge in [-0.2, -0.15) is 5.10 Å². The number of ether oxygens (including phenoxy) is 1. The second-order valence-corrected chi connectivity index (χ2v) is 7.39. The number of aromatic hydroxyl groups is 1. The van der Waals surface area contributed by atoms with Gasteiger partial charge in [-0.3, -0.25) is 4.79 Å². The van der Waals surface area contributed by atoms with E-state index in [0.29, 0.717) is 17.2 Å². The van der Waals surface area contributed by atoms with E-state index in [1.165, 1.54) is 6.21 Å². The van der Waals surface area contributed by atoms with Crippen molar-refractivity contribution < 1.29 is 14.6 Å². The first-order valence-electron chi connectivity index (χ1n) is 9.67. The molecule has 3 aromatic carbocycles. The quantitative estimate of drug-likeness (QED) is 0.465. The second kappa shape index (κ2) is 8.78. The van der Waals surface area contributed by atoms with Crippen LogP contribution in [0.15, 0.2) is 59.7 Å². The van der Waals surface area contributed by atoms with Gasteiger partial charge in [0.15, 0.2) is 6.10 Å². The maximum atomic E-state index is 12.4. The molecule has 0 heterocycles. The van der Waals surface area contributed by atoms with Crippen LogP contribution in [-0.4, -0.2) is 23.3 Å². The summed E-state index contributed by atoms with van der Waals surface area (Å²) in [6.45, 7) is 7.86. The maximum Gasteiger partial charge on any atom is 0.280 e. The van der Waals surface area contributed by atoms with Crippen molar-refractivity contribution in [1.82, 2.24) is 5.43 Å². The number of amides is 1. The zero-order valence-corrected chi connectivity index (χ0v) is 17.1. The smallest absolute Gasteiger partial charge is 0.280 e. The van der Waals surface area contributed by atoms with Crippen molar-refractivity contribution >= 4 is 22.9 Å². The van der Waals surface area contributed by atoms with E-state index < -0.39 is 6.10 Å². The molecule has 0 aromatic heterocycles. The highest BCUT2D eigenvalue weighted by atomic mass is 16.5. The van der Waals surface area contributed by atoms with Crippen molar-refractivity contribution in [2.75, 3.05) is 0 Å². The number of carbonyl (C=O) groups excluding carboxylic acids is 1. The van der Waals surface area contributed by atoms with Gasteiger partial charge in [-0.25, -0.2) is 5.43 Å². The summed E-state index contributed by atoms with van der Waals surface area (Å²) in [5.74, 6) is 0.803. The second-order valence-electron chi connectivity index (χ2n) is 7.39. The molecule has 150 valence electrons. The van der Waals surface area contributed by atoms with Crippen LogP contribution >= 0.6 is 0 Å². The summed E-state index contributed by atoms with van der Waals surface area (Å²) < 4.78 is 5.86. The summed E-state index contributed by atoms with van der Waals surface area (Å²) in [5.41, 5.74) is 5.17. The zero-order valence-electron chi connectivity index (χ0n) is 17.1. The monoisotopic (exact) mass is 390 g/mol. The Morgan fingerprint density at radius 2 is 1.86 bits per heavy atom. The number of hydrogen-bond acceptors (Lipinski definition) is 4. The molecule has 0 aliphatic carbocycles. The third-order valence-electron chi connectivity index (χ3n) is 4.87. The lowest BCUT2D eigenvalue weighted by Crippen LogP contribution is -2.33. The predicted molar refractivity (Wildman–Crippen MR) is 117 cm³/mol. The number of hydrogen-bond donors (Lipinski definition) is 2. The van der Waals surface area contributed by atoms with Gasteiger partial charge < -0.3 is 9.84 Å². The summed E-state index contributed by atoms with van der Waals surface area (Å²) in [5, 5.41) is 16.0. The van der Waals surface area contributed by atoms with Crippen molar-refractivity contribution in [2.45, 2.75) is 39.7 Å². The number of benzene rings is 3. The SMILES string of the molecule is Cc1ccc(C(C)C)cc1OC(C)C(=O)N/N=C/c1c(O)ccc2ccccc12. The summed E-state index contributed by atoms with van der Waals surface area (Å²) in [6.07, 6.45) is 0.738. The molecule has 1 unspecified atom stereocenters. The summed E-state index contributed by atoms with van der Waals surface area (Å²) in [6, 6.07) is 17.2. The molecule has 29 heavy (non-hydrogen) atoms. The lowest BCUT2D eigenvalue weighted by molar-refractivity contribution is -0.127. The molecule has 1 amide bonds. The highest BCUT2D eigenvalue weighted by Gasteiger charge is 2.16. The Bertz CT molecular complexity index is 1060. The molecule has 2 N–H and O–H groups in total. The molecule has 0 bridgehead atoms. The van der Waals surface area contributed by atoms with Gasteiger partial charge in [0.05, 0.1) is 6.21 Å². The minimum Gasteiger partial charge on any atom is -0.507 e. The first-order valence-corrected chi connectivity index (χ1v) is 9.67. The maximum absolute atomic E-state index is 12.4. The zero-order chi connectivity index (χ0) is 21.0. The van der Waals surface area contributed by atoms with Crippen molar-refractivity contribution in [3.05, 3.63) is 71.3 Å². The Kier molecular flexibility index (Phi) is 6.17. The first-order chi connectivity index (χ1) is 13.9. The molecular formula is C24H26N2O3. The number of nitrogens with one attached hydrogen (secondary N) is 1. The van der Waals surface area contributed by atoms with Crippen LogP contribution in [-0.2, 0) is 4.79 Å². The van der Waals surface area contributed by atoms with E-state index in [9.17, 15) is 9.90 Å². The lowest BCUT2D eigenvalue weighted by Gasteiger charge is -2.17. The normalized spacial score (nSPS) is 12.4. The number of phenolic OH excluding ortho intramolecular Hbond substituents is 1. The summed E-state index contributed by atoms with van der Waals surface area (Å²) >= 11 is 0. The van der Waals surface area contributed by atoms with Gasteiger partial charge >= 0.3 is 0 Å². The molecule has 0 aliphatic heterocycles. The minimum atomic E-state index is -0.714. The van der Waals surface area contributed by atoms with Crippen molar-refractivity contribution in [3.63, 3.8) is 0 Å². The van der Waals surface area contributed by atoms with Crippen LogP contribution in [0, 0.1) is 6.92 Å². The van der Waals surface area contributed by atoms with E-state index in [-0.39, 0.29) is 11.7 Å². The summed E-state index contributed by atoms with van der Waals surface area (Å²) in [4.78, 5) is 12.4. The van der Waals surface area contributed by atoms with E-state index in [1.807, 2.05) is 49.4 Å². The van der Waals surface area contributed by atoms with E-state index in [2.05, 4.69) is 30.4 Å². The molecule has 0 radical (unpaired) electrons. The molecular weight excluding hydrogens is 364 g/mol. The predicted octanol–water partition coefficient (Wildman–Crippen LogP) is 4.89. The van der Waals surface area contributed by atoms with Gasteiger partial charge in [-0.05, 0) is 53.8 Å². The minimum absolute atomic E-state index is 0.104. The molecule has 0 spiro atoms. The average Bonchev–Trinajstić information content (AvgIpc) is 2.70. The first kappa shape index (κ1) is 20.4. The van der Waals surface area contributed by atoms with Crippen LogP contribution in [0.25, 0.3) is 10.8 Å². The Labute approximate surface area is 171 Å². The van der Waals surface area contributed by atoms with E-state index in [4.69, 9.17) is 4.74 Å². The number of aryl methyl sites for hydroxylation is 1. The van der Waals surface area contributed by atoms with E-state index >= 15 is 0 Å². The van der Waals surface area contributed by atoms with Gasteiger partial charge in [0.1, 0.15) is 11.5 Å². The third kappa shape index (κ3) is 4.74. The molecule has 0 saturated carbocycles. The topological polar surface area (TPSA) is 70.9 Å². The largest absolute Gasteiger partial charge is 0.507 e. The van der Waals surface area contributed by atoms with Crippen molar-refractivity contribution in [1.29, 1.82) is 0 Å². The van der Waals surface area contributed by atoms with Gasteiger partial charge in [-0.1, -0.05) is 56.3 Å². The van der Waals surface area contributed by atoms with Crippen LogP contribution in [0.3, 0.4) is 0 Å².